The molecule has 0 saturated heterocycles. The molecule has 0 aliphatic heterocycles. The van der Waals surface area contributed by atoms with Crippen molar-refractivity contribution in [3.8, 4) is 0 Å². The Kier molecular flexibility index (Phi) is 49.1. The van der Waals surface area contributed by atoms with Crippen LogP contribution in [0.25, 0.3) is 0 Å². The monoisotopic (exact) mass is 884 g/mol. The SMILES string of the molecule is CCCCC/C=C\C/C=C\CCCCCCCCCC(=O)OC(CCCCCC/C=C/C=C/CCCCC)CC(=O)NC(CO)C(O)CCCCCCCCCCCCCCCC. The molecular weight excluding hydrogens is 779 g/mol. The topological polar surface area (TPSA) is 95.9 Å². The molecule has 63 heavy (non-hydrogen) atoms. The van der Waals surface area contributed by atoms with Gasteiger partial charge in [0.2, 0.25) is 5.91 Å². The lowest BCUT2D eigenvalue weighted by Crippen LogP contribution is -2.46. The van der Waals surface area contributed by atoms with Gasteiger partial charge in [0.05, 0.1) is 25.2 Å². The number of carbonyl (C=O) groups is 2. The molecule has 0 aliphatic rings. The molecule has 0 rings (SSSR count). The van der Waals surface area contributed by atoms with Crippen LogP contribution in [0.3, 0.4) is 0 Å². The van der Waals surface area contributed by atoms with Crippen molar-refractivity contribution >= 4 is 11.9 Å². The van der Waals surface area contributed by atoms with Crippen LogP contribution in [0.1, 0.15) is 278 Å². The lowest BCUT2D eigenvalue weighted by atomic mass is 10.0. The number of allylic oxidation sites excluding steroid dienone is 8. The molecule has 3 atom stereocenters. The van der Waals surface area contributed by atoms with Gasteiger partial charge in [-0.1, -0.05) is 230 Å². The Labute approximate surface area is 391 Å². The number of rotatable bonds is 49. The van der Waals surface area contributed by atoms with Crippen LogP contribution in [0.2, 0.25) is 0 Å². The highest BCUT2D eigenvalue weighted by atomic mass is 16.5. The van der Waals surface area contributed by atoms with E-state index in [1.54, 1.807) is 0 Å². The van der Waals surface area contributed by atoms with Gasteiger partial charge in [-0.3, -0.25) is 9.59 Å². The first-order valence-corrected chi connectivity index (χ1v) is 27.4. The summed E-state index contributed by atoms with van der Waals surface area (Å²) in [5, 5.41) is 23.8. The maximum Gasteiger partial charge on any atom is 0.306 e. The van der Waals surface area contributed by atoms with E-state index in [0.29, 0.717) is 19.3 Å². The number of carbonyl (C=O) groups excluding carboxylic acids is 2. The summed E-state index contributed by atoms with van der Waals surface area (Å²) in [6, 6.07) is -0.709. The fourth-order valence-electron chi connectivity index (χ4n) is 8.22. The number of hydrogen-bond donors (Lipinski definition) is 3. The Morgan fingerprint density at radius 3 is 1.33 bits per heavy atom. The summed E-state index contributed by atoms with van der Waals surface area (Å²) in [4.78, 5) is 26.2. The number of hydrogen-bond acceptors (Lipinski definition) is 5. The second-order valence-corrected chi connectivity index (χ2v) is 18.7. The number of nitrogens with one attached hydrogen (secondary N) is 1. The normalized spacial score (nSPS) is 13.5. The number of esters is 1. The van der Waals surface area contributed by atoms with E-state index in [-0.39, 0.29) is 24.9 Å². The predicted molar refractivity (Wildman–Crippen MR) is 273 cm³/mol. The molecule has 0 bridgehead atoms. The first-order valence-electron chi connectivity index (χ1n) is 27.4. The van der Waals surface area contributed by atoms with Crippen molar-refractivity contribution in [1.82, 2.24) is 5.32 Å². The standard InChI is InChI=1S/C57H105NO5/c1-4-7-10-13-16-19-22-25-27-28-29-32-35-38-41-44-47-50-57(62)63-53(48-45-42-39-36-33-30-24-21-18-15-12-9-6-3)51-56(61)58-54(52-59)55(60)49-46-43-40-37-34-31-26-23-20-17-14-11-8-5-2/h16,18-19,21,24-25,27,30,53-55,59-60H,4-15,17,20,22-23,26,28-29,31-52H2,1-3H3,(H,58,61)/b19-16-,21-18+,27-25-,30-24+. The molecule has 0 aromatic rings. The van der Waals surface area contributed by atoms with Gasteiger partial charge < -0.3 is 20.3 Å². The van der Waals surface area contributed by atoms with E-state index in [4.69, 9.17) is 4.74 Å². The Balaban J connectivity index is 4.57. The van der Waals surface area contributed by atoms with Crippen molar-refractivity contribution in [3.05, 3.63) is 48.6 Å². The second kappa shape index (κ2) is 50.8. The Bertz CT molecular complexity index is 1080. The first kappa shape index (κ1) is 60.8. The second-order valence-electron chi connectivity index (χ2n) is 18.7. The van der Waals surface area contributed by atoms with Gasteiger partial charge in [-0.2, -0.15) is 0 Å². The molecule has 3 N–H and O–H groups in total. The van der Waals surface area contributed by atoms with Crippen molar-refractivity contribution in [2.24, 2.45) is 0 Å². The molecule has 368 valence electrons. The number of aliphatic hydroxyl groups is 2. The van der Waals surface area contributed by atoms with Crippen LogP contribution in [-0.4, -0.2) is 46.9 Å². The largest absolute Gasteiger partial charge is 0.462 e. The molecule has 0 aromatic carbocycles. The van der Waals surface area contributed by atoms with E-state index in [0.717, 1.165) is 89.9 Å². The summed E-state index contributed by atoms with van der Waals surface area (Å²) in [5.74, 6) is -0.496. The third-order valence-electron chi connectivity index (χ3n) is 12.4. The van der Waals surface area contributed by atoms with Crippen molar-refractivity contribution in [1.29, 1.82) is 0 Å². The predicted octanol–water partition coefficient (Wildman–Crippen LogP) is 16.6. The molecule has 0 saturated carbocycles. The quantitative estimate of drug-likeness (QED) is 0.0245. The van der Waals surface area contributed by atoms with E-state index in [1.807, 2.05) is 0 Å². The molecular formula is C57H105NO5. The molecule has 0 aliphatic carbocycles. The number of ether oxygens (including phenoxy) is 1. The lowest BCUT2D eigenvalue weighted by Gasteiger charge is -2.24. The lowest BCUT2D eigenvalue weighted by molar-refractivity contribution is -0.151. The summed E-state index contributed by atoms with van der Waals surface area (Å²) < 4.78 is 5.94. The fourth-order valence-corrected chi connectivity index (χ4v) is 8.22. The molecule has 0 radical (unpaired) electrons. The van der Waals surface area contributed by atoms with Gasteiger partial charge in [-0.15, -0.1) is 0 Å². The van der Waals surface area contributed by atoms with E-state index in [2.05, 4.69) is 74.7 Å². The minimum atomic E-state index is -0.794. The molecule has 3 unspecified atom stereocenters. The third kappa shape index (κ3) is 46.2. The minimum absolute atomic E-state index is 0.0616. The van der Waals surface area contributed by atoms with E-state index in [9.17, 15) is 19.8 Å². The van der Waals surface area contributed by atoms with Gasteiger partial charge >= 0.3 is 5.97 Å². The molecule has 0 aromatic heterocycles. The summed E-state index contributed by atoms with van der Waals surface area (Å²) in [6.07, 6.45) is 61.7. The summed E-state index contributed by atoms with van der Waals surface area (Å²) >= 11 is 0. The van der Waals surface area contributed by atoms with E-state index in [1.165, 1.54) is 141 Å². The zero-order valence-corrected chi connectivity index (χ0v) is 42.0. The highest BCUT2D eigenvalue weighted by molar-refractivity contribution is 5.77. The molecule has 6 nitrogen and oxygen atoms in total. The van der Waals surface area contributed by atoms with Crippen LogP contribution in [-0.2, 0) is 14.3 Å². The molecule has 0 spiro atoms. The van der Waals surface area contributed by atoms with Crippen LogP contribution in [0.15, 0.2) is 48.6 Å². The van der Waals surface area contributed by atoms with Crippen molar-refractivity contribution in [3.63, 3.8) is 0 Å². The smallest absolute Gasteiger partial charge is 0.306 e. The number of unbranched alkanes of at least 4 members (excludes halogenated alkanes) is 30. The Morgan fingerprint density at radius 2 is 0.857 bits per heavy atom. The maximum atomic E-state index is 13.2. The van der Waals surface area contributed by atoms with Crippen molar-refractivity contribution in [2.45, 2.75) is 296 Å². The maximum absolute atomic E-state index is 13.2. The molecule has 0 heterocycles. The van der Waals surface area contributed by atoms with Gasteiger partial charge in [-0.25, -0.2) is 0 Å². The highest BCUT2D eigenvalue weighted by Crippen LogP contribution is 2.18. The number of aliphatic hydroxyl groups excluding tert-OH is 2. The van der Waals surface area contributed by atoms with Crippen molar-refractivity contribution < 1.29 is 24.5 Å². The van der Waals surface area contributed by atoms with Gasteiger partial charge in [0.15, 0.2) is 0 Å². The zero-order valence-electron chi connectivity index (χ0n) is 42.0. The average Bonchev–Trinajstić information content (AvgIpc) is 3.28. The van der Waals surface area contributed by atoms with Crippen LogP contribution in [0.5, 0.6) is 0 Å². The number of amides is 1. The average molecular weight is 884 g/mol. The fraction of sp³-hybridized carbons (Fsp3) is 0.825. The summed E-state index contributed by atoms with van der Waals surface area (Å²) in [6.45, 7) is 6.44. The van der Waals surface area contributed by atoms with Crippen LogP contribution >= 0.6 is 0 Å². The summed E-state index contributed by atoms with van der Waals surface area (Å²) in [7, 11) is 0. The van der Waals surface area contributed by atoms with E-state index >= 15 is 0 Å². The van der Waals surface area contributed by atoms with Crippen LogP contribution < -0.4 is 5.32 Å². The zero-order chi connectivity index (χ0) is 45.9. The van der Waals surface area contributed by atoms with E-state index < -0.39 is 18.2 Å². The Hall–Kier alpha value is -2.18. The van der Waals surface area contributed by atoms with Gasteiger partial charge in [0.1, 0.15) is 6.10 Å². The minimum Gasteiger partial charge on any atom is -0.462 e. The third-order valence-corrected chi connectivity index (χ3v) is 12.4. The van der Waals surface area contributed by atoms with Crippen molar-refractivity contribution in [2.75, 3.05) is 6.61 Å². The Morgan fingerprint density at radius 1 is 0.476 bits per heavy atom. The highest BCUT2D eigenvalue weighted by Gasteiger charge is 2.24. The van der Waals surface area contributed by atoms with Gasteiger partial charge in [0, 0.05) is 6.42 Å². The van der Waals surface area contributed by atoms with Gasteiger partial charge in [0.25, 0.3) is 0 Å². The van der Waals surface area contributed by atoms with Gasteiger partial charge in [-0.05, 0) is 83.5 Å². The molecule has 1 amide bonds. The first-order chi connectivity index (χ1) is 31.0. The van der Waals surface area contributed by atoms with Crippen LogP contribution in [0.4, 0.5) is 0 Å². The molecule has 6 heteroatoms. The summed E-state index contributed by atoms with van der Waals surface area (Å²) in [5.41, 5.74) is 0. The van der Waals surface area contributed by atoms with Crippen LogP contribution in [0, 0.1) is 0 Å². The molecule has 0 fully saturated rings.